The standard InChI is InChI=1S/C102H175BN2/c1-98(2,3)76-47-43-65(44-48-76)74-57-91-95-92(58-74)105(97-84(68-37-27-19-28-38-68)61-80(102(13,14)15)62-85(97)69-39-29-20-30-40-69)90-50-46-71(81-54-75-53-77(99(4,5)6)51-72-41-42-73-52-78(100(7,8)9)63-86(81)94(73)93(72)75)56-88(90)103(95)87-55-70(64-31-21-16-22-32-64)45-49-89(87)104(91)96-82(66-33-23-17-24-34-66)59-79(101(10,11)12)60-83(96)67-35-25-18-26-36-67/h64-97H,16-63H2,1-15H3. The Morgan fingerprint density at radius 3 is 0.924 bits per heavy atom. The molecule has 15 aliphatic carbocycles. The zero-order chi connectivity index (χ0) is 72.8. The highest BCUT2D eigenvalue weighted by Crippen LogP contribution is 2.72. The van der Waals surface area contributed by atoms with E-state index < -0.39 is 0 Å². The fourth-order valence-corrected chi connectivity index (χ4v) is 35.6. The van der Waals surface area contributed by atoms with E-state index in [4.69, 9.17) is 0 Å². The highest BCUT2D eigenvalue weighted by atomic mass is 15.3. The molecular formula is C102H175BN2. The van der Waals surface area contributed by atoms with Crippen LogP contribution in [0.25, 0.3) is 0 Å². The van der Waals surface area contributed by atoms with Gasteiger partial charge in [0.15, 0.2) is 6.71 Å². The van der Waals surface area contributed by atoms with Crippen molar-refractivity contribution in [2.24, 2.45) is 175 Å². The van der Waals surface area contributed by atoms with Crippen LogP contribution in [0.5, 0.6) is 0 Å². The molecule has 0 bridgehead atoms. The van der Waals surface area contributed by atoms with Crippen molar-refractivity contribution < 1.29 is 0 Å². The molecule has 2 heterocycles. The van der Waals surface area contributed by atoms with Crippen LogP contribution in [0.15, 0.2) is 0 Å². The van der Waals surface area contributed by atoms with Crippen molar-refractivity contribution in [2.75, 3.05) is 0 Å². The Bertz CT molecular complexity index is 2730. The molecule has 3 heteroatoms. The van der Waals surface area contributed by atoms with E-state index in [1.807, 2.05) is 0 Å². The van der Waals surface area contributed by atoms with Crippen LogP contribution in [0.3, 0.4) is 0 Å². The Balaban J connectivity index is 0.866. The predicted molar refractivity (Wildman–Crippen MR) is 450 cm³/mol. The van der Waals surface area contributed by atoms with Gasteiger partial charge < -0.3 is 0 Å². The molecule has 0 amide bonds. The minimum atomic E-state index is 0.391. The summed E-state index contributed by atoms with van der Waals surface area (Å²) in [6.07, 6.45) is 75.3. The molecule has 17 rings (SSSR count). The average molecular weight is 1440 g/mol. The molecule has 2 saturated heterocycles. The first-order valence-electron chi connectivity index (χ1n) is 49.8. The molecule has 0 radical (unpaired) electrons. The normalized spacial score (nSPS) is 47.5. The molecule has 2 nitrogen and oxygen atoms in total. The van der Waals surface area contributed by atoms with Gasteiger partial charge in [0.05, 0.1) is 0 Å². The fourth-order valence-electron chi connectivity index (χ4n) is 35.6. The van der Waals surface area contributed by atoms with Gasteiger partial charge in [0.2, 0.25) is 0 Å². The van der Waals surface area contributed by atoms with Gasteiger partial charge in [0.25, 0.3) is 0 Å². The molecule has 15 saturated carbocycles. The second-order valence-electron chi connectivity index (χ2n) is 50.3. The lowest BCUT2D eigenvalue weighted by atomic mass is 9.17. The van der Waals surface area contributed by atoms with Crippen molar-refractivity contribution in [3.8, 4) is 0 Å². The Labute approximate surface area is 653 Å². The van der Waals surface area contributed by atoms with Crippen LogP contribution in [-0.4, -0.2) is 52.8 Å². The summed E-state index contributed by atoms with van der Waals surface area (Å²) in [5.41, 5.74) is 2.09. The van der Waals surface area contributed by atoms with E-state index in [9.17, 15) is 0 Å². The topological polar surface area (TPSA) is 6.48 Å². The molecular weight excluding hydrogens is 1260 g/mol. The molecule has 2 aliphatic heterocycles. The lowest BCUT2D eigenvalue weighted by Crippen LogP contribution is -2.77. The van der Waals surface area contributed by atoms with Gasteiger partial charge in [0, 0.05) is 36.3 Å². The summed E-state index contributed by atoms with van der Waals surface area (Å²) in [7, 11) is 0. The Kier molecular flexibility index (Phi) is 22.8. The zero-order valence-electron chi connectivity index (χ0n) is 72.5. The first-order chi connectivity index (χ1) is 50.2. The Morgan fingerprint density at radius 2 is 0.514 bits per heavy atom. The van der Waals surface area contributed by atoms with E-state index in [1.54, 1.807) is 212 Å². The highest BCUT2D eigenvalue weighted by molar-refractivity contribution is 6.65. The van der Waals surface area contributed by atoms with Gasteiger partial charge in [-0.2, -0.15) is 0 Å². The van der Waals surface area contributed by atoms with Gasteiger partial charge in [-0.25, -0.2) is 0 Å². The molecule has 0 aromatic heterocycles. The van der Waals surface area contributed by atoms with Crippen LogP contribution in [0.2, 0.25) is 17.5 Å². The smallest absolute Gasteiger partial charge is 0.156 e. The molecule has 17 fully saturated rings. The number of fused-ring (bicyclic) bond motifs is 4. The molecule has 0 N–H and O–H groups in total. The number of nitrogens with zero attached hydrogens (tertiary/aromatic N) is 2. The quantitative estimate of drug-likeness (QED) is 0.212. The summed E-state index contributed by atoms with van der Waals surface area (Å²) in [6, 6.07) is 4.98. The molecule has 23 unspecified atom stereocenters. The maximum absolute atomic E-state index is 4.01. The number of hydrogen-bond acceptors (Lipinski definition) is 2. The minimum absolute atomic E-state index is 0.391. The molecule has 596 valence electrons. The van der Waals surface area contributed by atoms with E-state index >= 15 is 0 Å². The molecule has 23 atom stereocenters. The summed E-state index contributed by atoms with van der Waals surface area (Å²) in [5.74, 6) is 26.7. The van der Waals surface area contributed by atoms with Crippen molar-refractivity contribution in [3.63, 3.8) is 0 Å². The van der Waals surface area contributed by atoms with Crippen molar-refractivity contribution in [1.29, 1.82) is 0 Å². The van der Waals surface area contributed by atoms with Crippen LogP contribution in [0, 0.1) is 175 Å². The SMILES string of the molecule is CC(C)(C)C1CCC(C2CC3C4B(C5CC(C6CCCCC6)CCC5N3C3C(C5CCCCC5)CC(C(C)(C)C)CC3C3CCCCC3)C3CC(C5CC6CC(C(C)(C)C)CC7CCC8CC(C(C)(C)C)CC5C8C76)CCC3N(C3C(C5CCCCC5)CC(C(C)(C)C)CC3C3CCCCC3)C4C2)CC1. The van der Waals surface area contributed by atoms with Crippen molar-refractivity contribution in [1.82, 2.24) is 9.80 Å². The maximum atomic E-state index is 4.01. The maximum Gasteiger partial charge on any atom is 0.156 e. The lowest BCUT2D eigenvalue weighted by Gasteiger charge is -2.73. The second kappa shape index (κ2) is 30.9. The Morgan fingerprint density at radius 1 is 0.200 bits per heavy atom. The van der Waals surface area contributed by atoms with E-state index in [0.29, 0.717) is 27.1 Å². The van der Waals surface area contributed by atoms with Crippen LogP contribution in [-0.2, 0) is 0 Å². The molecule has 17 aliphatic rings. The van der Waals surface area contributed by atoms with Crippen LogP contribution >= 0.6 is 0 Å². The number of hydrogen-bond donors (Lipinski definition) is 0. The van der Waals surface area contributed by atoms with Gasteiger partial charge in [-0.1, -0.05) is 277 Å². The molecule has 105 heavy (non-hydrogen) atoms. The largest absolute Gasteiger partial charge is 0.295 e. The van der Waals surface area contributed by atoms with E-state index in [1.165, 1.54) is 96.3 Å². The van der Waals surface area contributed by atoms with Gasteiger partial charge in [-0.05, 0) is 327 Å². The summed E-state index contributed by atoms with van der Waals surface area (Å²) < 4.78 is 0. The van der Waals surface area contributed by atoms with Gasteiger partial charge >= 0.3 is 0 Å². The van der Waals surface area contributed by atoms with Crippen LogP contribution < -0.4 is 0 Å². The summed E-state index contributed by atoms with van der Waals surface area (Å²) in [6.45, 7) is 41.8. The van der Waals surface area contributed by atoms with Crippen LogP contribution in [0.1, 0.15) is 412 Å². The zero-order valence-corrected chi connectivity index (χ0v) is 72.5. The van der Waals surface area contributed by atoms with Crippen molar-refractivity contribution >= 4 is 6.71 Å². The van der Waals surface area contributed by atoms with Crippen molar-refractivity contribution in [3.05, 3.63) is 0 Å². The molecule has 0 spiro atoms. The predicted octanol–water partition coefficient (Wildman–Crippen LogP) is 29.0. The van der Waals surface area contributed by atoms with Crippen LogP contribution in [0.4, 0.5) is 0 Å². The summed E-state index contributed by atoms with van der Waals surface area (Å²) >= 11 is 0. The van der Waals surface area contributed by atoms with E-state index in [-0.39, 0.29) is 0 Å². The van der Waals surface area contributed by atoms with E-state index in [2.05, 4.69) is 114 Å². The lowest BCUT2D eigenvalue weighted by molar-refractivity contribution is -0.158. The summed E-state index contributed by atoms with van der Waals surface area (Å²) in [4.78, 5) is 7.99. The van der Waals surface area contributed by atoms with Crippen molar-refractivity contribution in [2.45, 2.75) is 466 Å². The number of rotatable bonds is 9. The minimum Gasteiger partial charge on any atom is -0.295 e. The highest BCUT2D eigenvalue weighted by Gasteiger charge is 2.70. The first-order valence-corrected chi connectivity index (χ1v) is 49.8. The third-order valence-corrected chi connectivity index (χ3v) is 40.8. The first kappa shape index (κ1) is 77.6. The third-order valence-electron chi connectivity index (χ3n) is 40.8. The average Bonchev–Trinajstić information content (AvgIpc) is 0.692. The van der Waals surface area contributed by atoms with Gasteiger partial charge in [-0.3, -0.25) is 9.80 Å². The second-order valence-corrected chi connectivity index (χ2v) is 50.3. The fraction of sp³-hybridized carbons (Fsp3) is 1.00. The molecule has 0 aromatic carbocycles. The third kappa shape index (κ3) is 15.2. The van der Waals surface area contributed by atoms with Gasteiger partial charge in [-0.15, -0.1) is 0 Å². The Hall–Kier alpha value is -0.0151. The molecule has 0 aromatic rings. The van der Waals surface area contributed by atoms with E-state index in [0.717, 1.165) is 208 Å². The summed E-state index contributed by atoms with van der Waals surface area (Å²) in [5, 5.41) is 0. The monoisotopic (exact) mass is 1440 g/mol. The van der Waals surface area contributed by atoms with Gasteiger partial charge in [0.1, 0.15) is 0 Å².